The van der Waals surface area contributed by atoms with Gasteiger partial charge in [0.25, 0.3) is 0 Å². The minimum Gasteiger partial charge on any atom is -0.459 e. The van der Waals surface area contributed by atoms with Crippen LogP contribution in [0.15, 0.2) is 29.6 Å². The smallest absolute Gasteiger partial charge is 0.324 e. The molecule has 2 aromatic rings. The highest BCUT2D eigenvalue weighted by atomic mass is 32.1. The molecule has 0 saturated carbocycles. The average Bonchev–Trinajstić information content (AvgIpc) is 3.39. The molecule has 3 heterocycles. The fraction of sp³-hybridized carbons (Fsp3) is 0.542. The van der Waals surface area contributed by atoms with E-state index in [1.165, 1.54) is 11.3 Å². The molecule has 0 bridgehead atoms. The van der Waals surface area contributed by atoms with Crippen LogP contribution in [0.25, 0.3) is 0 Å². The molecular formula is C24H30N2O5S. The molecule has 0 radical (unpaired) electrons. The number of carbonyl (C=O) groups excluding carboxylic acids is 2. The Morgan fingerprint density at radius 1 is 1.28 bits per heavy atom. The molecule has 2 saturated heterocycles. The van der Waals surface area contributed by atoms with Crippen LogP contribution in [0.5, 0.6) is 0 Å². The molecule has 3 atom stereocenters. The van der Waals surface area contributed by atoms with E-state index < -0.39 is 29.1 Å². The maximum atomic E-state index is 12.9. The lowest BCUT2D eigenvalue weighted by Gasteiger charge is -2.20. The summed E-state index contributed by atoms with van der Waals surface area (Å²) in [5.74, 6) is -0.505. The molecule has 32 heavy (non-hydrogen) atoms. The zero-order valence-electron chi connectivity index (χ0n) is 19.0. The van der Waals surface area contributed by atoms with Crippen molar-refractivity contribution in [2.24, 2.45) is 11.3 Å². The molecule has 1 aromatic carbocycles. The first-order valence-corrected chi connectivity index (χ1v) is 11.9. The summed E-state index contributed by atoms with van der Waals surface area (Å²) >= 11 is 1.44. The molecule has 1 N–H and O–H groups in total. The number of anilines is 2. The number of benzene rings is 1. The maximum absolute atomic E-state index is 12.9. The number of rotatable bonds is 8. The quantitative estimate of drug-likeness (QED) is 0.348. The van der Waals surface area contributed by atoms with Crippen LogP contribution in [0, 0.1) is 18.3 Å². The highest BCUT2D eigenvalue weighted by molar-refractivity contribution is 7.13. The van der Waals surface area contributed by atoms with Crippen LogP contribution in [-0.2, 0) is 29.4 Å². The standard InChI is InChI=1S/C24H30N2O5S/c1-15(2)9-10-29-12-17-11-24(20(27)30-17)14-23(4,31-21(24)28)19-13-32-22(26-19)25-18-8-6-5-7-16(18)3/h5-8,13,15,17H,9-12,14H2,1-4H3,(H,25,26)/t17-,23+,24-/m1/s1. The number of aryl methyl sites for hydroxylation is 1. The Balaban J connectivity index is 1.44. The number of aromatic nitrogens is 1. The minimum atomic E-state index is -1.28. The van der Waals surface area contributed by atoms with Crippen LogP contribution in [0.1, 0.15) is 51.3 Å². The number of esters is 2. The van der Waals surface area contributed by atoms with E-state index in [1.807, 2.05) is 43.5 Å². The predicted molar refractivity (Wildman–Crippen MR) is 122 cm³/mol. The van der Waals surface area contributed by atoms with Crippen LogP contribution in [-0.4, -0.2) is 36.2 Å². The first-order valence-electron chi connectivity index (χ1n) is 11.0. The zero-order valence-corrected chi connectivity index (χ0v) is 19.8. The zero-order chi connectivity index (χ0) is 22.9. The van der Waals surface area contributed by atoms with E-state index in [0.717, 1.165) is 17.7 Å². The number of ether oxygens (including phenoxy) is 3. The van der Waals surface area contributed by atoms with Gasteiger partial charge in [-0.1, -0.05) is 32.0 Å². The second-order valence-corrected chi connectivity index (χ2v) is 10.2. The molecule has 2 aliphatic heterocycles. The van der Waals surface area contributed by atoms with E-state index >= 15 is 0 Å². The van der Waals surface area contributed by atoms with Crippen molar-refractivity contribution >= 4 is 34.1 Å². The maximum Gasteiger partial charge on any atom is 0.324 e. The lowest BCUT2D eigenvalue weighted by molar-refractivity contribution is -0.160. The van der Waals surface area contributed by atoms with Crippen molar-refractivity contribution in [1.29, 1.82) is 0 Å². The van der Waals surface area contributed by atoms with Crippen molar-refractivity contribution in [3.05, 3.63) is 40.9 Å². The Bertz CT molecular complexity index is 1010. The molecule has 0 unspecified atom stereocenters. The van der Waals surface area contributed by atoms with Gasteiger partial charge in [0.1, 0.15) is 6.10 Å². The van der Waals surface area contributed by atoms with E-state index in [-0.39, 0.29) is 12.8 Å². The third kappa shape index (κ3) is 4.38. The van der Waals surface area contributed by atoms with Crippen molar-refractivity contribution in [3.8, 4) is 0 Å². The van der Waals surface area contributed by atoms with Crippen LogP contribution in [0.4, 0.5) is 10.8 Å². The van der Waals surface area contributed by atoms with Crippen molar-refractivity contribution in [2.75, 3.05) is 18.5 Å². The third-order valence-corrected chi connectivity index (χ3v) is 6.92. The van der Waals surface area contributed by atoms with Crippen molar-refractivity contribution in [3.63, 3.8) is 0 Å². The molecule has 4 rings (SSSR count). The second-order valence-electron chi connectivity index (χ2n) is 9.35. The minimum absolute atomic E-state index is 0.216. The molecular weight excluding hydrogens is 428 g/mol. The van der Waals surface area contributed by atoms with Gasteiger partial charge in [0.05, 0.1) is 12.3 Å². The fourth-order valence-corrected chi connectivity index (χ4v) is 5.09. The molecule has 8 heteroatoms. The summed E-state index contributed by atoms with van der Waals surface area (Å²) in [6.07, 6.45) is 1.00. The summed E-state index contributed by atoms with van der Waals surface area (Å²) in [6.45, 7) is 9.00. The Kier molecular flexibility index (Phi) is 6.27. The number of nitrogens with one attached hydrogen (secondary N) is 1. The van der Waals surface area contributed by atoms with Gasteiger partial charge in [-0.2, -0.15) is 0 Å². The van der Waals surface area contributed by atoms with Crippen molar-refractivity contribution in [2.45, 2.75) is 58.7 Å². The van der Waals surface area contributed by atoms with Gasteiger partial charge < -0.3 is 19.5 Å². The van der Waals surface area contributed by atoms with Crippen molar-refractivity contribution < 1.29 is 23.8 Å². The Hall–Kier alpha value is -2.45. The van der Waals surface area contributed by atoms with Gasteiger partial charge in [0, 0.05) is 30.5 Å². The highest BCUT2D eigenvalue weighted by Gasteiger charge is 2.65. The summed E-state index contributed by atoms with van der Waals surface area (Å²) in [4.78, 5) is 30.3. The largest absolute Gasteiger partial charge is 0.459 e. The van der Waals surface area contributed by atoms with Gasteiger partial charge in [-0.05, 0) is 37.8 Å². The van der Waals surface area contributed by atoms with E-state index in [2.05, 4.69) is 24.1 Å². The van der Waals surface area contributed by atoms with Crippen LogP contribution in [0.3, 0.4) is 0 Å². The van der Waals surface area contributed by atoms with Gasteiger partial charge in [0.15, 0.2) is 16.1 Å². The summed E-state index contributed by atoms with van der Waals surface area (Å²) < 4.78 is 17.0. The SMILES string of the molecule is Cc1ccccc1Nc1nc([C@]2(C)C[C@@]3(C[C@H](COCCC(C)C)OC3=O)C(=O)O2)cs1. The van der Waals surface area contributed by atoms with Gasteiger partial charge in [-0.25, -0.2) is 4.98 Å². The second kappa shape index (κ2) is 8.83. The molecule has 7 nitrogen and oxygen atoms in total. The molecule has 1 aromatic heterocycles. The molecule has 1 spiro atoms. The normalized spacial score (nSPS) is 27.2. The van der Waals surface area contributed by atoms with Crippen LogP contribution >= 0.6 is 11.3 Å². The Morgan fingerprint density at radius 3 is 2.81 bits per heavy atom. The number of para-hydroxylation sites is 1. The topological polar surface area (TPSA) is 86.8 Å². The predicted octanol–water partition coefficient (Wildman–Crippen LogP) is 4.72. The first kappa shape index (κ1) is 22.7. The van der Waals surface area contributed by atoms with Crippen LogP contribution < -0.4 is 5.32 Å². The number of cyclic esters (lactones) is 2. The van der Waals surface area contributed by atoms with Crippen LogP contribution in [0.2, 0.25) is 0 Å². The third-order valence-electron chi connectivity index (χ3n) is 6.16. The van der Waals surface area contributed by atoms with E-state index in [4.69, 9.17) is 14.2 Å². The number of hydrogen-bond acceptors (Lipinski definition) is 8. The molecule has 0 aliphatic carbocycles. The van der Waals surface area contributed by atoms with E-state index in [9.17, 15) is 9.59 Å². The Morgan fingerprint density at radius 2 is 2.06 bits per heavy atom. The average molecular weight is 459 g/mol. The van der Waals surface area contributed by atoms with Gasteiger partial charge >= 0.3 is 11.9 Å². The fourth-order valence-electron chi connectivity index (χ4n) is 4.25. The lowest BCUT2D eigenvalue weighted by Crippen LogP contribution is -2.32. The summed E-state index contributed by atoms with van der Waals surface area (Å²) in [5.41, 5.74) is 0.447. The van der Waals surface area contributed by atoms with E-state index in [0.29, 0.717) is 30.0 Å². The van der Waals surface area contributed by atoms with Crippen molar-refractivity contribution in [1.82, 2.24) is 4.98 Å². The molecule has 2 fully saturated rings. The monoisotopic (exact) mass is 458 g/mol. The number of carbonyl (C=O) groups is 2. The molecule has 0 amide bonds. The highest BCUT2D eigenvalue weighted by Crippen LogP contribution is 2.52. The summed E-state index contributed by atoms with van der Waals surface area (Å²) in [5, 5.41) is 5.90. The van der Waals surface area contributed by atoms with Gasteiger partial charge in [-0.3, -0.25) is 9.59 Å². The van der Waals surface area contributed by atoms with Gasteiger partial charge in [0.2, 0.25) is 0 Å². The Labute approximate surface area is 192 Å². The summed E-state index contributed by atoms with van der Waals surface area (Å²) in [6, 6.07) is 7.95. The first-order chi connectivity index (χ1) is 15.2. The molecule has 2 aliphatic rings. The molecule has 172 valence electrons. The number of thiazole rings is 1. The number of nitrogens with zero attached hydrogens (tertiary/aromatic N) is 1. The lowest BCUT2D eigenvalue weighted by atomic mass is 9.78. The van der Waals surface area contributed by atoms with E-state index in [1.54, 1.807) is 0 Å². The summed E-state index contributed by atoms with van der Waals surface area (Å²) in [7, 11) is 0. The van der Waals surface area contributed by atoms with Gasteiger partial charge in [-0.15, -0.1) is 11.3 Å². The number of hydrogen-bond donors (Lipinski definition) is 1.